The second kappa shape index (κ2) is 3.74. The summed E-state index contributed by atoms with van der Waals surface area (Å²) >= 11 is 0. The van der Waals surface area contributed by atoms with Crippen molar-refractivity contribution in [1.82, 2.24) is 0 Å². The van der Waals surface area contributed by atoms with Gasteiger partial charge >= 0.3 is 0 Å². The van der Waals surface area contributed by atoms with Crippen LogP contribution in [0.1, 0.15) is 25.3 Å². The van der Waals surface area contributed by atoms with Crippen molar-refractivity contribution in [1.29, 1.82) is 0 Å². The normalized spacial score (nSPS) is 29.3. The van der Waals surface area contributed by atoms with Gasteiger partial charge in [0.1, 0.15) is 5.78 Å². The monoisotopic (exact) mass is 217 g/mol. The first kappa shape index (κ1) is 10.9. The van der Waals surface area contributed by atoms with Gasteiger partial charge in [0.05, 0.1) is 5.97 Å². The Morgan fingerprint density at radius 3 is 2.44 bits per heavy atom. The van der Waals surface area contributed by atoms with E-state index in [0.717, 1.165) is 0 Å². The van der Waals surface area contributed by atoms with Gasteiger partial charge in [0, 0.05) is 17.8 Å². The number of carbonyl (C=O) groups is 2. The third kappa shape index (κ3) is 1.35. The van der Waals surface area contributed by atoms with Gasteiger partial charge in [-0.3, -0.25) is 4.79 Å². The highest BCUT2D eigenvalue weighted by Gasteiger charge is 2.47. The number of benzene rings is 1. The Morgan fingerprint density at radius 2 is 2.00 bits per heavy atom. The van der Waals surface area contributed by atoms with Crippen LogP contribution >= 0.6 is 0 Å². The summed E-state index contributed by atoms with van der Waals surface area (Å²) in [4.78, 5) is 23.0. The molecule has 1 saturated carbocycles. The molecule has 1 aliphatic carbocycles. The SMILES string of the molecule is C[C@H]1C(=O)CC[C@@]1(C(=O)[O-])c1ccccc1. The van der Waals surface area contributed by atoms with E-state index >= 15 is 0 Å². The van der Waals surface area contributed by atoms with Crippen LogP contribution in [0.2, 0.25) is 0 Å². The first-order valence-electron chi connectivity index (χ1n) is 5.38. The summed E-state index contributed by atoms with van der Waals surface area (Å²) in [5.41, 5.74) is -0.452. The van der Waals surface area contributed by atoms with Gasteiger partial charge in [0.25, 0.3) is 0 Å². The molecular formula is C13H13O3-. The largest absolute Gasteiger partial charge is 0.549 e. The molecule has 1 aliphatic rings. The summed E-state index contributed by atoms with van der Waals surface area (Å²) in [5, 5.41) is 11.4. The van der Waals surface area contributed by atoms with E-state index in [4.69, 9.17) is 0 Å². The van der Waals surface area contributed by atoms with Crippen molar-refractivity contribution in [3.8, 4) is 0 Å². The van der Waals surface area contributed by atoms with E-state index in [1.165, 1.54) is 0 Å². The van der Waals surface area contributed by atoms with Crippen LogP contribution in [-0.4, -0.2) is 11.8 Å². The molecule has 0 radical (unpaired) electrons. The van der Waals surface area contributed by atoms with E-state index in [1.54, 1.807) is 31.2 Å². The van der Waals surface area contributed by atoms with E-state index in [9.17, 15) is 14.7 Å². The number of Topliss-reactive ketones (excluding diaryl/α,β-unsaturated/α-hetero) is 1. The summed E-state index contributed by atoms with van der Waals surface area (Å²) < 4.78 is 0. The molecule has 0 heterocycles. The number of hydrogen-bond donors (Lipinski definition) is 0. The maximum Gasteiger partial charge on any atom is 0.137 e. The van der Waals surface area contributed by atoms with Crippen LogP contribution in [0.25, 0.3) is 0 Å². The van der Waals surface area contributed by atoms with E-state index in [-0.39, 0.29) is 5.78 Å². The van der Waals surface area contributed by atoms with Gasteiger partial charge in [-0.25, -0.2) is 0 Å². The Morgan fingerprint density at radius 1 is 1.38 bits per heavy atom. The predicted octanol–water partition coefficient (Wildman–Crippen LogP) is 0.673. The molecule has 0 amide bonds. The lowest BCUT2D eigenvalue weighted by Gasteiger charge is -2.34. The minimum atomic E-state index is -1.14. The number of aliphatic carboxylic acids is 1. The van der Waals surface area contributed by atoms with Crippen molar-refractivity contribution in [2.24, 2.45) is 5.92 Å². The molecule has 2 atom stereocenters. The summed E-state index contributed by atoms with van der Waals surface area (Å²) in [6.07, 6.45) is 0.670. The molecule has 0 aliphatic heterocycles. The smallest absolute Gasteiger partial charge is 0.137 e. The van der Waals surface area contributed by atoms with Crippen molar-refractivity contribution < 1.29 is 14.7 Å². The number of carbonyl (C=O) groups excluding carboxylic acids is 2. The van der Waals surface area contributed by atoms with E-state index in [2.05, 4.69) is 0 Å². The molecule has 0 N–H and O–H groups in total. The Bertz CT molecular complexity index is 424. The van der Waals surface area contributed by atoms with Gasteiger partial charge in [0.15, 0.2) is 0 Å². The number of carboxylic acid groups (broad SMARTS) is 1. The minimum absolute atomic E-state index is 0.00746. The second-order valence-electron chi connectivity index (χ2n) is 4.31. The van der Waals surface area contributed by atoms with Crippen LogP contribution in [0.3, 0.4) is 0 Å². The van der Waals surface area contributed by atoms with Crippen molar-refractivity contribution >= 4 is 11.8 Å². The van der Waals surface area contributed by atoms with Gasteiger partial charge in [-0.05, 0) is 12.0 Å². The predicted molar refractivity (Wildman–Crippen MR) is 56.5 cm³/mol. The van der Waals surface area contributed by atoms with E-state index in [1.807, 2.05) is 6.07 Å². The van der Waals surface area contributed by atoms with Gasteiger partial charge in [-0.2, -0.15) is 0 Å². The Kier molecular flexibility index (Phi) is 2.54. The molecule has 2 rings (SSSR count). The Hall–Kier alpha value is -1.64. The molecule has 0 aromatic heterocycles. The zero-order valence-electron chi connectivity index (χ0n) is 9.10. The minimum Gasteiger partial charge on any atom is -0.549 e. The fraction of sp³-hybridized carbons (Fsp3) is 0.385. The quantitative estimate of drug-likeness (QED) is 0.731. The summed E-state index contributed by atoms with van der Waals surface area (Å²) in [6.45, 7) is 1.68. The van der Waals surface area contributed by atoms with Crippen molar-refractivity contribution in [3.05, 3.63) is 35.9 Å². The molecule has 3 nitrogen and oxygen atoms in total. The van der Waals surface area contributed by atoms with Gasteiger partial charge in [0.2, 0.25) is 0 Å². The number of carboxylic acids is 1. The van der Waals surface area contributed by atoms with Crippen LogP contribution in [0.15, 0.2) is 30.3 Å². The van der Waals surface area contributed by atoms with Crippen LogP contribution in [0.5, 0.6) is 0 Å². The lowest BCUT2D eigenvalue weighted by Crippen LogP contribution is -2.48. The lowest BCUT2D eigenvalue weighted by molar-refractivity contribution is -0.315. The highest BCUT2D eigenvalue weighted by molar-refractivity contribution is 5.95. The number of ketones is 1. The maximum atomic E-state index is 11.6. The highest BCUT2D eigenvalue weighted by Crippen LogP contribution is 2.43. The summed E-state index contributed by atoms with van der Waals surface area (Å²) in [6, 6.07) is 8.91. The summed E-state index contributed by atoms with van der Waals surface area (Å²) in [5.74, 6) is -1.63. The summed E-state index contributed by atoms with van der Waals surface area (Å²) in [7, 11) is 0. The number of hydrogen-bond acceptors (Lipinski definition) is 3. The van der Waals surface area contributed by atoms with Crippen molar-refractivity contribution in [2.45, 2.75) is 25.2 Å². The fourth-order valence-corrected chi connectivity index (χ4v) is 2.55. The standard InChI is InChI=1S/C13H14O3/c1-9-11(14)7-8-13(9,12(15)16)10-5-3-2-4-6-10/h2-6,9H,7-8H2,1H3,(H,15,16)/p-1/t9-,13-/m0/s1. The van der Waals surface area contributed by atoms with Gasteiger partial charge in [-0.15, -0.1) is 0 Å². The van der Waals surface area contributed by atoms with Gasteiger partial charge < -0.3 is 9.90 Å². The molecule has 1 fully saturated rings. The number of rotatable bonds is 2. The average Bonchev–Trinajstić information content (AvgIpc) is 2.59. The molecule has 0 saturated heterocycles. The third-order valence-corrected chi connectivity index (χ3v) is 3.64. The van der Waals surface area contributed by atoms with Crippen molar-refractivity contribution in [3.63, 3.8) is 0 Å². The molecule has 0 bridgehead atoms. The maximum absolute atomic E-state index is 11.6. The van der Waals surface area contributed by atoms with Crippen LogP contribution in [0.4, 0.5) is 0 Å². The van der Waals surface area contributed by atoms with E-state index < -0.39 is 17.3 Å². The van der Waals surface area contributed by atoms with E-state index in [0.29, 0.717) is 18.4 Å². The molecule has 3 heteroatoms. The molecule has 1 aromatic rings. The zero-order valence-corrected chi connectivity index (χ0v) is 9.10. The first-order chi connectivity index (χ1) is 7.59. The Labute approximate surface area is 94.1 Å². The molecule has 1 aromatic carbocycles. The lowest BCUT2D eigenvalue weighted by atomic mass is 9.73. The average molecular weight is 217 g/mol. The van der Waals surface area contributed by atoms with Crippen LogP contribution in [-0.2, 0) is 15.0 Å². The van der Waals surface area contributed by atoms with Gasteiger partial charge in [-0.1, -0.05) is 37.3 Å². The fourth-order valence-electron chi connectivity index (χ4n) is 2.55. The second-order valence-corrected chi connectivity index (χ2v) is 4.31. The van der Waals surface area contributed by atoms with Crippen LogP contribution in [0, 0.1) is 5.92 Å². The van der Waals surface area contributed by atoms with Crippen LogP contribution < -0.4 is 5.11 Å². The van der Waals surface area contributed by atoms with Crippen molar-refractivity contribution in [2.75, 3.05) is 0 Å². The molecule has 0 unspecified atom stereocenters. The first-order valence-corrected chi connectivity index (χ1v) is 5.38. The molecule has 16 heavy (non-hydrogen) atoms. The molecule has 84 valence electrons. The third-order valence-electron chi connectivity index (χ3n) is 3.64. The highest BCUT2D eigenvalue weighted by atomic mass is 16.4. The Balaban J connectivity index is 2.54. The topological polar surface area (TPSA) is 57.2 Å². The molecular weight excluding hydrogens is 204 g/mol. The zero-order chi connectivity index (χ0) is 11.8. The molecule has 0 spiro atoms.